The van der Waals surface area contributed by atoms with Crippen molar-refractivity contribution in [3.05, 3.63) is 63.0 Å². The van der Waals surface area contributed by atoms with E-state index in [4.69, 9.17) is 4.74 Å². The summed E-state index contributed by atoms with van der Waals surface area (Å²) in [5.41, 5.74) is 1.57. The highest BCUT2D eigenvalue weighted by Crippen LogP contribution is 2.26. The minimum absolute atomic E-state index is 0.0179. The molecule has 1 atom stereocenters. The second-order valence-corrected chi connectivity index (χ2v) is 6.35. The summed E-state index contributed by atoms with van der Waals surface area (Å²) in [7, 11) is 1.59. The predicted molar refractivity (Wildman–Crippen MR) is 93.0 cm³/mol. The fourth-order valence-corrected chi connectivity index (χ4v) is 3.20. The molecule has 1 unspecified atom stereocenters. The standard InChI is InChI=1S/C17H17N3O3S/c1-10-4-5-14(23-3)12(8-10)11(2)19-15(21)13-9-18-17-20(16(13)22)6-7-24-17/h4-9,11H,1-3H3,(H,19,21). The normalized spacial score (nSPS) is 12.1. The van der Waals surface area contributed by atoms with Crippen molar-refractivity contribution < 1.29 is 9.53 Å². The SMILES string of the molecule is COc1ccc(C)cc1C(C)NC(=O)c1cnc2sccn2c1=O. The molecular formula is C17H17N3O3S. The van der Waals surface area contributed by atoms with E-state index in [1.54, 1.807) is 18.7 Å². The summed E-state index contributed by atoms with van der Waals surface area (Å²) in [6.45, 7) is 3.82. The van der Waals surface area contributed by atoms with Crippen molar-refractivity contribution in [3.63, 3.8) is 0 Å². The van der Waals surface area contributed by atoms with Gasteiger partial charge in [-0.3, -0.25) is 14.0 Å². The number of aromatic nitrogens is 2. The Morgan fingerprint density at radius 2 is 2.21 bits per heavy atom. The number of hydrogen-bond acceptors (Lipinski definition) is 5. The number of carbonyl (C=O) groups is 1. The molecule has 6 nitrogen and oxygen atoms in total. The highest BCUT2D eigenvalue weighted by molar-refractivity contribution is 7.15. The molecule has 0 aliphatic heterocycles. The minimum atomic E-state index is -0.454. The Kier molecular flexibility index (Phi) is 4.35. The Labute approximate surface area is 142 Å². The third-order valence-corrected chi connectivity index (χ3v) is 4.56. The van der Waals surface area contributed by atoms with Gasteiger partial charge in [0, 0.05) is 23.3 Å². The largest absolute Gasteiger partial charge is 0.496 e. The van der Waals surface area contributed by atoms with Gasteiger partial charge in [-0.2, -0.15) is 0 Å². The monoisotopic (exact) mass is 343 g/mol. The fraction of sp³-hybridized carbons (Fsp3) is 0.235. The molecule has 2 aromatic heterocycles. The average molecular weight is 343 g/mol. The van der Waals surface area contributed by atoms with Gasteiger partial charge < -0.3 is 10.1 Å². The average Bonchev–Trinajstić information content (AvgIpc) is 3.04. The number of thiazole rings is 1. The molecule has 0 saturated carbocycles. The van der Waals surface area contributed by atoms with E-state index in [0.29, 0.717) is 10.7 Å². The van der Waals surface area contributed by atoms with E-state index >= 15 is 0 Å². The molecule has 3 aromatic rings. The van der Waals surface area contributed by atoms with Gasteiger partial charge in [-0.15, -0.1) is 11.3 Å². The molecule has 1 aromatic carbocycles. The lowest BCUT2D eigenvalue weighted by molar-refractivity contribution is 0.0937. The first-order chi connectivity index (χ1) is 11.5. The van der Waals surface area contributed by atoms with E-state index in [-0.39, 0.29) is 17.2 Å². The molecule has 24 heavy (non-hydrogen) atoms. The quantitative estimate of drug-likeness (QED) is 0.790. The fourth-order valence-electron chi connectivity index (χ4n) is 2.52. The summed E-state index contributed by atoms with van der Waals surface area (Å²) < 4.78 is 6.72. The Morgan fingerprint density at radius 1 is 1.42 bits per heavy atom. The van der Waals surface area contributed by atoms with Crippen LogP contribution < -0.4 is 15.6 Å². The van der Waals surface area contributed by atoms with Crippen LogP contribution in [0.1, 0.15) is 34.5 Å². The van der Waals surface area contributed by atoms with Gasteiger partial charge >= 0.3 is 0 Å². The number of benzene rings is 1. The smallest absolute Gasteiger partial charge is 0.271 e. The second-order valence-electron chi connectivity index (χ2n) is 5.47. The summed E-state index contributed by atoms with van der Waals surface area (Å²) in [5.74, 6) is 0.237. The molecular weight excluding hydrogens is 326 g/mol. The molecule has 0 aliphatic carbocycles. The van der Waals surface area contributed by atoms with E-state index in [1.807, 2.05) is 32.0 Å². The second kappa shape index (κ2) is 6.45. The minimum Gasteiger partial charge on any atom is -0.496 e. The van der Waals surface area contributed by atoms with Crippen LogP contribution in [0.25, 0.3) is 4.96 Å². The molecule has 0 radical (unpaired) electrons. The van der Waals surface area contributed by atoms with E-state index in [2.05, 4.69) is 10.3 Å². The van der Waals surface area contributed by atoms with Crippen molar-refractivity contribution in [2.45, 2.75) is 19.9 Å². The first kappa shape index (κ1) is 16.2. The zero-order valence-electron chi connectivity index (χ0n) is 13.6. The first-order valence-corrected chi connectivity index (χ1v) is 8.29. The Hall–Kier alpha value is -2.67. The van der Waals surface area contributed by atoms with Crippen LogP contribution in [0.2, 0.25) is 0 Å². The zero-order valence-corrected chi connectivity index (χ0v) is 14.4. The molecule has 0 spiro atoms. The molecule has 3 rings (SSSR count). The van der Waals surface area contributed by atoms with Gasteiger partial charge in [0.05, 0.1) is 13.2 Å². The molecule has 1 N–H and O–H groups in total. The van der Waals surface area contributed by atoms with Gasteiger partial charge in [0.2, 0.25) is 0 Å². The van der Waals surface area contributed by atoms with Gasteiger partial charge in [0.25, 0.3) is 11.5 Å². The molecule has 0 fully saturated rings. The lowest BCUT2D eigenvalue weighted by atomic mass is 10.0. The Bertz CT molecular complexity index is 961. The summed E-state index contributed by atoms with van der Waals surface area (Å²) in [4.78, 5) is 29.6. The van der Waals surface area contributed by atoms with Crippen LogP contribution in [0.5, 0.6) is 5.75 Å². The van der Waals surface area contributed by atoms with Crippen LogP contribution >= 0.6 is 11.3 Å². The number of aryl methyl sites for hydroxylation is 1. The maximum absolute atomic E-state index is 12.5. The number of nitrogens with one attached hydrogen (secondary N) is 1. The molecule has 0 bridgehead atoms. The number of amides is 1. The lowest BCUT2D eigenvalue weighted by Crippen LogP contribution is -2.33. The molecule has 7 heteroatoms. The number of nitrogens with zero attached hydrogens (tertiary/aromatic N) is 2. The van der Waals surface area contributed by atoms with Crippen molar-refractivity contribution >= 4 is 22.2 Å². The number of carbonyl (C=O) groups excluding carboxylic acids is 1. The highest BCUT2D eigenvalue weighted by Gasteiger charge is 2.18. The van der Waals surface area contributed by atoms with Crippen LogP contribution in [-0.4, -0.2) is 22.4 Å². The van der Waals surface area contributed by atoms with E-state index in [1.165, 1.54) is 21.9 Å². The van der Waals surface area contributed by atoms with Crippen LogP contribution in [-0.2, 0) is 0 Å². The molecule has 2 heterocycles. The topological polar surface area (TPSA) is 72.7 Å². The number of ether oxygens (including phenoxy) is 1. The first-order valence-electron chi connectivity index (χ1n) is 7.41. The van der Waals surface area contributed by atoms with Gasteiger partial charge in [-0.1, -0.05) is 17.7 Å². The van der Waals surface area contributed by atoms with Crippen LogP contribution in [0.3, 0.4) is 0 Å². The van der Waals surface area contributed by atoms with Gasteiger partial charge in [0.1, 0.15) is 11.3 Å². The number of fused-ring (bicyclic) bond motifs is 1. The highest BCUT2D eigenvalue weighted by atomic mass is 32.1. The number of rotatable bonds is 4. The van der Waals surface area contributed by atoms with Crippen LogP contribution in [0.4, 0.5) is 0 Å². The van der Waals surface area contributed by atoms with E-state index in [0.717, 1.165) is 11.1 Å². The summed E-state index contributed by atoms with van der Waals surface area (Å²) in [6.07, 6.45) is 2.93. The van der Waals surface area contributed by atoms with Crippen molar-refractivity contribution in [2.24, 2.45) is 0 Å². The lowest BCUT2D eigenvalue weighted by Gasteiger charge is -2.17. The van der Waals surface area contributed by atoms with Crippen molar-refractivity contribution in [2.75, 3.05) is 7.11 Å². The van der Waals surface area contributed by atoms with Gasteiger partial charge in [0.15, 0.2) is 4.96 Å². The van der Waals surface area contributed by atoms with Crippen molar-refractivity contribution in [1.82, 2.24) is 14.7 Å². The van der Waals surface area contributed by atoms with E-state index in [9.17, 15) is 9.59 Å². The summed E-state index contributed by atoms with van der Waals surface area (Å²) in [5, 5.41) is 4.60. The molecule has 1 amide bonds. The molecule has 124 valence electrons. The third-order valence-electron chi connectivity index (χ3n) is 3.79. The third kappa shape index (κ3) is 2.90. The Morgan fingerprint density at radius 3 is 2.96 bits per heavy atom. The number of hydrogen-bond donors (Lipinski definition) is 1. The Balaban J connectivity index is 1.90. The molecule has 0 aliphatic rings. The van der Waals surface area contributed by atoms with Gasteiger partial charge in [-0.05, 0) is 19.9 Å². The number of methoxy groups -OCH3 is 1. The van der Waals surface area contributed by atoms with E-state index < -0.39 is 5.91 Å². The molecule has 0 saturated heterocycles. The van der Waals surface area contributed by atoms with Gasteiger partial charge in [-0.25, -0.2) is 4.98 Å². The summed E-state index contributed by atoms with van der Waals surface area (Å²) >= 11 is 1.34. The van der Waals surface area contributed by atoms with Crippen LogP contribution in [0.15, 0.2) is 40.8 Å². The zero-order chi connectivity index (χ0) is 17.3. The summed E-state index contributed by atoms with van der Waals surface area (Å²) in [6, 6.07) is 5.45. The maximum atomic E-state index is 12.5. The maximum Gasteiger partial charge on any atom is 0.271 e. The van der Waals surface area contributed by atoms with Crippen molar-refractivity contribution in [3.8, 4) is 5.75 Å². The predicted octanol–water partition coefficient (Wildman–Crippen LogP) is 2.56. The van der Waals surface area contributed by atoms with Crippen LogP contribution in [0, 0.1) is 6.92 Å². The van der Waals surface area contributed by atoms with Crippen molar-refractivity contribution in [1.29, 1.82) is 0 Å².